The summed E-state index contributed by atoms with van der Waals surface area (Å²) in [7, 11) is 1.21. The van der Waals surface area contributed by atoms with Crippen LogP contribution in [0.5, 0.6) is 0 Å². The van der Waals surface area contributed by atoms with Crippen molar-refractivity contribution in [1.29, 1.82) is 0 Å². The third kappa shape index (κ3) is 4.20. The number of methoxy groups -OCH3 is 1. The normalized spacial score (nSPS) is 46.4. The molecule has 0 amide bonds. The fourth-order valence-corrected chi connectivity index (χ4v) is 10.4. The van der Waals surface area contributed by atoms with Crippen molar-refractivity contribution in [3.8, 4) is 0 Å². The number of fused-ring (bicyclic) bond motifs is 7. The van der Waals surface area contributed by atoms with E-state index < -0.39 is 75.7 Å². The summed E-state index contributed by atoms with van der Waals surface area (Å²) in [6.07, 6.45) is 0.717. The largest absolute Gasteiger partial charge is 0.500 e. The molecule has 3 aliphatic carbocycles. The number of esters is 4. The molecule has 4 unspecified atom stereocenters. The van der Waals surface area contributed by atoms with E-state index in [4.69, 9.17) is 28.4 Å². The standard InChI is InChI=1S/C33H48O11/c1-17-14-32(38)24-10-12-29(7)23(11-13-31(16-40-15-25(29)31)19(3)41-20(4)34)30(24,8)26(42-21(5)35)27(43-22(6)36)33(32,28(37)39-9)44-18(17)2/h15,17-19,23-24,26-27,38H,10-14,16H2,1-9H3/t17?,18-,19?,23?,24?,26+,27-,29+,30+,31-,32+,33-/m0/s1. The Morgan fingerprint density at radius 1 is 0.955 bits per heavy atom. The van der Waals surface area contributed by atoms with Gasteiger partial charge in [-0.2, -0.15) is 0 Å². The molecule has 1 saturated heterocycles. The lowest BCUT2D eigenvalue weighted by Crippen LogP contribution is -2.85. The minimum Gasteiger partial charge on any atom is -0.500 e. The molecule has 44 heavy (non-hydrogen) atoms. The zero-order valence-electron chi connectivity index (χ0n) is 27.4. The van der Waals surface area contributed by atoms with Gasteiger partial charge in [-0.25, -0.2) is 4.79 Å². The molecule has 0 spiro atoms. The van der Waals surface area contributed by atoms with Crippen molar-refractivity contribution in [1.82, 2.24) is 0 Å². The SMILES string of the molecule is COC(=O)[C@]12O[C@@H](C)C(C)C[C@@]1(O)C1CC[C@@]3(C)C4=COC[C@]4(C(C)OC(C)=O)CCC3[C@@]1(C)[C@H](OC(C)=O)[C@@H]2OC(C)=O. The summed E-state index contributed by atoms with van der Waals surface area (Å²) in [5.41, 5.74) is -4.97. The van der Waals surface area contributed by atoms with Gasteiger partial charge in [-0.1, -0.05) is 20.8 Å². The molecule has 2 aliphatic heterocycles. The van der Waals surface area contributed by atoms with Gasteiger partial charge in [-0.3, -0.25) is 14.4 Å². The van der Waals surface area contributed by atoms with Crippen LogP contribution in [0.3, 0.4) is 0 Å². The fraction of sp³-hybridized carbons (Fsp3) is 0.818. The Hall–Kier alpha value is -2.66. The zero-order chi connectivity index (χ0) is 32.6. The van der Waals surface area contributed by atoms with Crippen LogP contribution in [0.15, 0.2) is 11.8 Å². The highest BCUT2D eigenvalue weighted by atomic mass is 16.6. The highest BCUT2D eigenvalue weighted by Crippen LogP contribution is 2.73. The van der Waals surface area contributed by atoms with E-state index in [2.05, 4.69) is 6.92 Å². The van der Waals surface area contributed by atoms with Gasteiger partial charge in [0, 0.05) is 32.1 Å². The van der Waals surface area contributed by atoms with Gasteiger partial charge in [0.05, 0.1) is 24.9 Å². The Kier molecular flexibility index (Phi) is 7.97. The maximum atomic E-state index is 14.0. The topological polar surface area (TPSA) is 144 Å². The molecule has 0 radical (unpaired) electrons. The number of hydrogen-bond acceptors (Lipinski definition) is 11. The quantitative estimate of drug-likeness (QED) is 0.355. The molecule has 3 saturated carbocycles. The van der Waals surface area contributed by atoms with Gasteiger partial charge < -0.3 is 33.5 Å². The molecule has 11 heteroatoms. The molecular weight excluding hydrogens is 572 g/mol. The van der Waals surface area contributed by atoms with Crippen LogP contribution in [0.4, 0.5) is 0 Å². The van der Waals surface area contributed by atoms with Crippen molar-refractivity contribution in [2.75, 3.05) is 13.7 Å². The Morgan fingerprint density at radius 2 is 1.57 bits per heavy atom. The van der Waals surface area contributed by atoms with Gasteiger partial charge in [0.1, 0.15) is 24.4 Å². The average Bonchev–Trinajstić information content (AvgIpc) is 3.38. The van der Waals surface area contributed by atoms with Crippen molar-refractivity contribution in [3.63, 3.8) is 0 Å². The van der Waals surface area contributed by atoms with E-state index in [0.717, 1.165) is 5.57 Å². The van der Waals surface area contributed by atoms with E-state index in [9.17, 15) is 24.3 Å². The number of aliphatic hydroxyl groups is 1. The summed E-state index contributed by atoms with van der Waals surface area (Å²) < 4.78 is 35.7. The van der Waals surface area contributed by atoms with Crippen LogP contribution < -0.4 is 0 Å². The number of rotatable bonds is 5. The fourth-order valence-electron chi connectivity index (χ4n) is 10.4. The Labute approximate surface area is 259 Å². The summed E-state index contributed by atoms with van der Waals surface area (Å²) in [5.74, 6) is -3.52. The summed E-state index contributed by atoms with van der Waals surface area (Å²) in [6, 6.07) is 0. The van der Waals surface area contributed by atoms with Crippen LogP contribution in [0.25, 0.3) is 0 Å². The minimum atomic E-state index is -2.13. The Balaban J connectivity index is 1.73. The predicted molar refractivity (Wildman–Crippen MR) is 154 cm³/mol. The van der Waals surface area contributed by atoms with Crippen LogP contribution in [-0.2, 0) is 47.6 Å². The third-order valence-electron chi connectivity index (χ3n) is 12.3. The lowest BCUT2D eigenvalue weighted by Gasteiger charge is -2.72. The van der Waals surface area contributed by atoms with E-state index in [-0.39, 0.29) is 24.2 Å². The highest BCUT2D eigenvalue weighted by Gasteiger charge is 2.82. The molecule has 2 heterocycles. The molecule has 4 fully saturated rings. The van der Waals surface area contributed by atoms with Gasteiger partial charge in [-0.05, 0) is 68.8 Å². The van der Waals surface area contributed by atoms with Crippen LogP contribution in [0.2, 0.25) is 0 Å². The highest BCUT2D eigenvalue weighted by molar-refractivity contribution is 5.84. The van der Waals surface area contributed by atoms with Gasteiger partial charge in [0.25, 0.3) is 0 Å². The monoisotopic (exact) mass is 620 g/mol. The van der Waals surface area contributed by atoms with Gasteiger partial charge in [-0.15, -0.1) is 0 Å². The van der Waals surface area contributed by atoms with Crippen LogP contribution >= 0.6 is 0 Å². The van der Waals surface area contributed by atoms with Crippen LogP contribution in [0, 0.1) is 34.0 Å². The lowest BCUT2D eigenvalue weighted by atomic mass is 9.36. The maximum absolute atomic E-state index is 14.0. The predicted octanol–water partition coefficient (Wildman–Crippen LogP) is 3.64. The first-order valence-corrected chi connectivity index (χ1v) is 15.8. The second-order valence-electron chi connectivity index (χ2n) is 14.4. The molecule has 5 rings (SSSR count). The smallest absolute Gasteiger partial charge is 0.345 e. The lowest BCUT2D eigenvalue weighted by molar-refractivity contribution is -0.368. The van der Waals surface area contributed by atoms with E-state index in [0.29, 0.717) is 32.3 Å². The zero-order valence-corrected chi connectivity index (χ0v) is 27.4. The van der Waals surface area contributed by atoms with Crippen molar-refractivity contribution in [2.45, 2.75) is 123 Å². The molecule has 0 aromatic carbocycles. The summed E-state index contributed by atoms with van der Waals surface area (Å²) in [4.78, 5) is 51.6. The van der Waals surface area contributed by atoms with Crippen LogP contribution in [0.1, 0.15) is 87.5 Å². The number of carbonyl (C=O) groups is 4. The second kappa shape index (κ2) is 10.7. The molecule has 0 aromatic rings. The van der Waals surface area contributed by atoms with Gasteiger partial charge in [0.15, 0.2) is 6.10 Å². The minimum absolute atomic E-state index is 0.145. The molecular formula is C33H48O11. The third-order valence-corrected chi connectivity index (χ3v) is 12.3. The number of hydrogen-bond donors (Lipinski definition) is 1. The summed E-state index contributed by atoms with van der Waals surface area (Å²) in [6.45, 7) is 14.1. The number of ether oxygens (including phenoxy) is 6. The summed E-state index contributed by atoms with van der Waals surface area (Å²) >= 11 is 0. The molecule has 5 aliphatic rings. The van der Waals surface area contributed by atoms with Crippen molar-refractivity contribution in [3.05, 3.63) is 11.8 Å². The molecule has 11 nitrogen and oxygen atoms in total. The summed E-state index contributed by atoms with van der Waals surface area (Å²) in [5, 5.41) is 13.1. The Bertz CT molecular complexity index is 1260. The first-order chi connectivity index (χ1) is 20.5. The maximum Gasteiger partial charge on any atom is 0.345 e. The Morgan fingerprint density at radius 3 is 2.16 bits per heavy atom. The van der Waals surface area contributed by atoms with Crippen molar-refractivity contribution >= 4 is 23.9 Å². The van der Waals surface area contributed by atoms with E-state index in [1.54, 1.807) is 6.26 Å². The van der Waals surface area contributed by atoms with E-state index >= 15 is 0 Å². The molecule has 0 bridgehead atoms. The first kappa shape index (κ1) is 32.7. The number of carbonyl (C=O) groups excluding carboxylic acids is 4. The average molecular weight is 621 g/mol. The molecule has 1 N–H and O–H groups in total. The van der Waals surface area contributed by atoms with Gasteiger partial charge in [0.2, 0.25) is 5.60 Å². The van der Waals surface area contributed by atoms with Crippen molar-refractivity contribution in [2.24, 2.45) is 34.0 Å². The molecule has 0 aromatic heterocycles. The first-order valence-electron chi connectivity index (χ1n) is 15.8. The van der Waals surface area contributed by atoms with Crippen molar-refractivity contribution < 1.29 is 52.7 Å². The van der Waals surface area contributed by atoms with E-state index in [1.165, 1.54) is 27.9 Å². The van der Waals surface area contributed by atoms with Crippen LogP contribution in [-0.4, -0.2) is 78.3 Å². The van der Waals surface area contributed by atoms with Gasteiger partial charge >= 0.3 is 23.9 Å². The second-order valence-corrected chi connectivity index (χ2v) is 14.4. The molecule has 246 valence electrons. The van der Waals surface area contributed by atoms with E-state index in [1.807, 2.05) is 27.7 Å². The molecule has 12 atom stereocenters.